The van der Waals surface area contributed by atoms with Crippen molar-refractivity contribution in [3.63, 3.8) is 0 Å². The summed E-state index contributed by atoms with van der Waals surface area (Å²) in [5.74, 6) is 0.898. The summed E-state index contributed by atoms with van der Waals surface area (Å²) in [6, 6.07) is 10.7. The maximum atomic E-state index is 5.98. The van der Waals surface area contributed by atoms with E-state index in [-0.39, 0.29) is 5.60 Å². The fourth-order valence-electron chi connectivity index (χ4n) is 3.01. The van der Waals surface area contributed by atoms with Crippen molar-refractivity contribution in [3.05, 3.63) is 35.9 Å². The lowest BCUT2D eigenvalue weighted by molar-refractivity contribution is 0.283. The van der Waals surface area contributed by atoms with Crippen LogP contribution in [0.25, 0.3) is 0 Å². The Morgan fingerprint density at radius 1 is 1.33 bits per heavy atom. The SMILES string of the molecule is CC[C@@H]1CC[C@@]2(c3ccccc3)O[C@@H]2C1. The molecule has 1 nitrogen and oxygen atoms in total. The summed E-state index contributed by atoms with van der Waals surface area (Å²) in [5, 5.41) is 0. The van der Waals surface area contributed by atoms with Crippen molar-refractivity contribution in [2.24, 2.45) is 5.92 Å². The summed E-state index contributed by atoms with van der Waals surface area (Å²) in [7, 11) is 0. The van der Waals surface area contributed by atoms with Gasteiger partial charge in [0, 0.05) is 0 Å². The van der Waals surface area contributed by atoms with E-state index in [1.54, 1.807) is 0 Å². The molecule has 0 N–H and O–H groups in total. The fourth-order valence-corrected chi connectivity index (χ4v) is 3.01. The van der Waals surface area contributed by atoms with Gasteiger partial charge in [0.25, 0.3) is 0 Å². The number of ether oxygens (including phenoxy) is 1. The van der Waals surface area contributed by atoms with Crippen LogP contribution in [0.2, 0.25) is 0 Å². The molecule has 0 aromatic heterocycles. The van der Waals surface area contributed by atoms with Crippen LogP contribution in [0.5, 0.6) is 0 Å². The molecule has 15 heavy (non-hydrogen) atoms. The molecule has 1 aliphatic heterocycles. The van der Waals surface area contributed by atoms with Gasteiger partial charge in [-0.15, -0.1) is 0 Å². The first-order valence-electron chi connectivity index (χ1n) is 6.08. The summed E-state index contributed by atoms with van der Waals surface area (Å²) in [6.07, 6.45) is 5.65. The standard InChI is InChI=1S/C14H18O/c1-2-11-8-9-14(13(10-11)15-14)12-6-4-3-5-7-12/h3-7,11,13H,2,8-10H2,1H3/t11-,13-,14+/m1/s1. The first kappa shape index (κ1) is 9.41. The highest BCUT2D eigenvalue weighted by atomic mass is 16.6. The lowest BCUT2D eigenvalue weighted by Crippen LogP contribution is -2.22. The normalized spacial score (nSPS) is 38.5. The second kappa shape index (κ2) is 3.34. The molecule has 3 atom stereocenters. The molecule has 3 rings (SSSR count). The number of fused-ring (bicyclic) bond motifs is 1. The van der Waals surface area contributed by atoms with Gasteiger partial charge in [-0.1, -0.05) is 43.7 Å². The Bertz CT molecular complexity index is 346. The molecule has 1 heterocycles. The van der Waals surface area contributed by atoms with Crippen molar-refractivity contribution < 1.29 is 4.74 Å². The quantitative estimate of drug-likeness (QED) is 0.669. The molecule has 1 aromatic carbocycles. The first-order chi connectivity index (χ1) is 7.35. The second-order valence-corrected chi connectivity index (χ2v) is 4.91. The van der Waals surface area contributed by atoms with E-state index in [4.69, 9.17) is 4.74 Å². The minimum Gasteiger partial charge on any atom is -0.361 e. The summed E-state index contributed by atoms with van der Waals surface area (Å²) in [6.45, 7) is 2.29. The topological polar surface area (TPSA) is 12.5 Å². The van der Waals surface area contributed by atoms with E-state index in [1.807, 2.05) is 0 Å². The zero-order valence-corrected chi connectivity index (χ0v) is 9.28. The molecule has 2 fully saturated rings. The van der Waals surface area contributed by atoms with Crippen molar-refractivity contribution in [2.45, 2.75) is 44.3 Å². The van der Waals surface area contributed by atoms with E-state index in [1.165, 1.54) is 31.2 Å². The molecule has 1 saturated carbocycles. The van der Waals surface area contributed by atoms with Crippen molar-refractivity contribution in [3.8, 4) is 0 Å². The van der Waals surface area contributed by atoms with E-state index in [2.05, 4.69) is 37.3 Å². The second-order valence-electron chi connectivity index (χ2n) is 4.91. The van der Waals surface area contributed by atoms with Crippen LogP contribution in [0.15, 0.2) is 30.3 Å². The Labute approximate surface area is 91.5 Å². The molecule has 0 unspecified atom stereocenters. The van der Waals surface area contributed by atoms with Crippen molar-refractivity contribution in [1.82, 2.24) is 0 Å². The molecule has 0 radical (unpaired) electrons. The van der Waals surface area contributed by atoms with Crippen LogP contribution < -0.4 is 0 Å². The Morgan fingerprint density at radius 2 is 2.13 bits per heavy atom. The maximum Gasteiger partial charge on any atom is 0.120 e. The Kier molecular flexibility index (Phi) is 2.10. The Balaban J connectivity index is 1.80. The number of hydrogen-bond donors (Lipinski definition) is 0. The molecular weight excluding hydrogens is 184 g/mol. The van der Waals surface area contributed by atoms with Crippen LogP contribution in [0.1, 0.15) is 38.2 Å². The van der Waals surface area contributed by atoms with Crippen LogP contribution in [0, 0.1) is 5.92 Å². The molecular formula is C14H18O. The van der Waals surface area contributed by atoms with E-state index in [0.29, 0.717) is 6.10 Å². The molecule has 0 bridgehead atoms. The van der Waals surface area contributed by atoms with Gasteiger partial charge in [0.1, 0.15) is 5.60 Å². The highest BCUT2D eigenvalue weighted by Crippen LogP contribution is 2.56. The zero-order chi connectivity index (χ0) is 10.3. The van der Waals surface area contributed by atoms with Gasteiger partial charge in [0.05, 0.1) is 6.10 Å². The van der Waals surface area contributed by atoms with Gasteiger partial charge >= 0.3 is 0 Å². The predicted molar refractivity (Wildman–Crippen MR) is 60.6 cm³/mol. The van der Waals surface area contributed by atoms with E-state index in [9.17, 15) is 0 Å². The molecule has 2 aliphatic rings. The van der Waals surface area contributed by atoms with Gasteiger partial charge in [0.2, 0.25) is 0 Å². The molecule has 1 aromatic rings. The zero-order valence-electron chi connectivity index (χ0n) is 9.28. The third-order valence-electron chi connectivity index (χ3n) is 4.13. The van der Waals surface area contributed by atoms with Crippen molar-refractivity contribution >= 4 is 0 Å². The fraction of sp³-hybridized carbons (Fsp3) is 0.571. The van der Waals surface area contributed by atoms with Gasteiger partial charge in [-0.2, -0.15) is 0 Å². The third-order valence-corrected chi connectivity index (χ3v) is 4.13. The predicted octanol–water partition coefficient (Wildman–Crippen LogP) is 3.49. The highest BCUT2D eigenvalue weighted by molar-refractivity contribution is 5.30. The largest absolute Gasteiger partial charge is 0.361 e. The molecule has 1 aliphatic carbocycles. The number of hydrogen-bond acceptors (Lipinski definition) is 1. The summed E-state index contributed by atoms with van der Waals surface area (Å²) in [4.78, 5) is 0. The average molecular weight is 202 g/mol. The maximum absolute atomic E-state index is 5.98. The number of epoxide rings is 1. The monoisotopic (exact) mass is 202 g/mol. The number of benzene rings is 1. The van der Waals surface area contributed by atoms with Crippen LogP contribution in [0.3, 0.4) is 0 Å². The first-order valence-corrected chi connectivity index (χ1v) is 6.08. The van der Waals surface area contributed by atoms with Gasteiger partial charge in [-0.05, 0) is 30.7 Å². The van der Waals surface area contributed by atoms with E-state index < -0.39 is 0 Å². The minimum absolute atomic E-state index is 0.118. The molecule has 80 valence electrons. The van der Waals surface area contributed by atoms with Gasteiger partial charge in [-0.25, -0.2) is 0 Å². The van der Waals surface area contributed by atoms with Gasteiger partial charge in [-0.3, -0.25) is 0 Å². The smallest absolute Gasteiger partial charge is 0.120 e. The summed E-state index contributed by atoms with van der Waals surface area (Å²) < 4.78 is 5.98. The lowest BCUT2D eigenvalue weighted by atomic mass is 9.78. The third kappa shape index (κ3) is 1.41. The Morgan fingerprint density at radius 3 is 2.80 bits per heavy atom. The van der Waals surface area contributed by atoms with E-state index >= 15 is 0 Å². The van der Waals surface area contributed by atoms with Gasteiger partial charge in [0.15, 0.2) is 0 Å². The van der Waals surface area contributed by atoms with E-state index in [0.717, 1.165) is 5.92 Å². The average Bonchev–Trinajstić information content (AvgIpc) is 3.04. The molecule has 0 spiro atoms. The van der Waals surface area contributed by atoms with Gasteiger partial charge < -0.3 is 4.74 Å². The number of rotatable bonds is 2. The van der Waals surface area contributed by atoms with Crippen LogP contribution in [0.4, 0.5) is 0 Å². The summed E-state index contributed by atoms with van der Waals surface area (Å²) in [5.41, 5.74) is 1.51. The molecule has 1 heteroatoms. The van der Waals surface area contributed by atoms with Crippen LogP contribution in [-0.4, -0.2) is 6.10 Å². The summed E-state index contributed by atoms with van der Waals surface area (Å²) >= 11 is 0. The molecule has 0 amide bonds. The Hall–Kier alpha value is -0.820. The van der Waals surface area contributed by atoms with Crippen LogP contribution in [-0.2, 0) is 10.3 Å². The van der Waals surface area contributed by atoms with Crippen LogP contribution >= 0.6 is 0 Å². The molecule has 1 saturated heterocycles. The van der Waals surface area contributed by atoms with Crippen molar-refractivity contribution in [2.75, 3.05) is 0 Å². The lowest BCUT2D eigenvalue weighted by Gasteiger charge is -2.23. The van der Waals surface area contributed by atoms with Crippen molar-refractivity contribution in [1.29, 1.82) is 0 Å². The minimum atomic E-state index is 0.118. The highest BCUT2D eigenvalue weighted by Gasteiger charge is 2.59.